The van der Waals surface area contributed by atoms with Crippen LogP contribution in [0, 0.1) is 5.92 Å². The highest BCUT2D eigenvalue weighted by molar-refractivity contribution is 14.0. The van der Waals surface area contributed by atoms with Gasteiger partial charge in [-0.15, -0.1) is 24.0 Å². The number of carbonyl (C=O) groups excluding carboxylic acids is 1. The van der Waals surface area contributed by atoms with E-state index in [0.717, 1.165) is 18.4 Å². The van der Waals surface area contributed by atoms with Crippen molar-refractivity contribution in [1.29, 1.82) is 0 Å². The van der Waals surface area contributed by atoms with Crippen molar-refractivity contribution in [3.8, 4) is 0 Å². The van der Waals surface area contributed by atoms with Crippen molar-refractivity contribution in [2.45, 2.75) is 38.5 Å². The number of carbonyl (C=O) groups is 1. The summed E-state index contributed by atoms with van der Waals surface area (Å²) in [5.41, 5.74) is 0.687. The summed E-state index contributed by atoms with van der Waals surface area (Å²) >= 11 is 0. The minimum absolute atomic E-state index is 0. The first-order valence-corrected chi connectivity index (χ1v) is 9.07. The smallest absolute Gasteiger partial charge is 0.251 e. The molecule has 6 heteroatoms. The van der Waals surface area contributed by atoms with E-state index in [0.29, 0.717) is 18.7 Å². The van der Waals surface area contributed by atoms with Crippen LogP contribution in [0.2, 0.25) is 0 Å². The fraction of sp³-hybridized carbons (Fsp3) is 0.579. The Morgan fingerprint density at radius 1 is 1.04 bits per heavy atom. The van der Waals surface area contributed by atoms with Crippen molar-refractivity contribution < 1.29 is 4.79 Å². The number of aliphatic imine (C=N–C) groups is 1. The lowest BCUT2D eigenvalue weighted by Gasteiger charge is -2.13. The number of halogens is 1. The molecule has 1 saturated carbocycles. The van der Waals surface area contributed by atoms with Gasteiger partial charge in [-0.25, -0.2) is 0 Å². The Morgan fingerprint density at radius 2 is 1.68 bits per heavy atom. The van der Waals surface area contributed by atoms with Crippen molar-refractivity contribution in [1.82, 2.24) is 16.0 Å². The Morgan fingerprint density at radius 3 is 2.36 bits per heavy atom. The maximum Gasteiger partial charge on any atom is 0.251 e. The molecule has 0 heterocycles. The summed E-state index contributed by atoms with van der Waals surface area (Å²) in [7, 11) is 1.77. The Hall–Kier alpha value is -1.31. The number of nitrogens with zero attached hydrogens (tertiary/aromatic N) is 1. The number of amides is 1. The average molecular weight is 458 g/mol. The van der Waals surface area contributed by atoms with E-state index in [4.69, 9.17) is 0 Å². The van der Waals surface area contributed by atoms with Gasteiger partial charge in [0.2, 0.25) is 0 Å². The van der Waals surface area contributed by atoms with Gasteiger partial charge in [0.25, 0.3) is 5.91 Å². The third-order valence-electron chi connectivity index (χ3n) is 4.52. The molecule has 0 radical (unpaired) electrons. The molecule has 2 rings (SSSR count). The Balaban J connectivity index is 0.00000312. The van der Waals surface area contributed by atoms with Gasteiger partial charge in [0, 0.05) is 32.2 Å². The SMILES string of the molecule is CN=C(NCCCC1CCCC1)NCCNC(=O)c1ccccc1.I. The molecule has 25 heavy (non-hydrogen) atoms. The molecule has 3 N–H and O–H groups in total. The van der Waals surface area contributed by atoms with Crippen LogP contribution in [0.15, 0.2) is 35.3 Å². The van der Waals surface area contributed by atoms with Crippen molar-refractivity contribution in [2.75, 3.05) is 26.7 Å². The first kappa shape index (κ1) is 21.7. The van der Waals surface area contributed by atoms with E-state index in [1.807, 2.05) is 30.3 Å². The summed E-state index contributed by atoms with van der Waals surface area (Å²) in [4.78, 5) is 16.1. The topological polar surface area (TPSA) is 65.5 Å². The van der Waals surface area contributed by atoms with E-state index in [2.05, 4.69) is 20.9 Å². The van der Waals surface area contributed by atoms with Crippen LogP contribution in [0.1, 0.15) is 48.9 Å². The van der Waals surface area contributed by atoms with Crippen LogP contribution in [0.3, 0.4) is 0 Å². The third kappa shape index (κ3) is 8.56. The first-order chi connectivity index (χ1) is 11.8. The summed E-state index contributed by atoms with van der Waals surface area (Å²) < 4.78 is 0. The monoisotopic (exact) mass is 458 g/mol. The minimum Gasteiger partial charge on any atom is -0.356 e. The molecule has 1 aliphatic carbocycles. The molecule has 1 aromatic rings. The molecule has 0 bridgehead atoms. The fourth-order valence-corrected chi connectivity index (χ4v) is 3.17. The molecule has 5 nitrogen and oxygen atoms in total. The van der Waals surface area contributed by atoms with E-state index in [-0.39, 0.29) is 29.9 Å². The highest BCUT2D eigenvalue weighted by atomic mass is 127. The van der Waals surface area contributed by atoms with Crippen LogP contribution in [-0.2, 0) is 0 Å². The molecule has 1 fully saturated rings. The zero-order valence-corrected chi connectivity index (χ0v) is 17.4. The van der Waals surface area contributed by atoms with Gasteiger partial charge in [-0.2, -0.15) is 0 Å². The zero-order valence-electron chi connectivity index (χ0n) is 15.1. The Kier molecular flexibility index (Phi) is 11.3. The number of nitrogens with one attached hydrogen (secondary N) is 3. The van der Waals surface area contributed by atoms with Crippen LogP contribution < -0.4 is 16.0 Å². The molecule has 0 atom stereocenters. The van der Waals surface area contributed by atoms with E-state index < -0.39 is 0 Å². The van der Waals surface area contributed by atoms with Crippen molar-refractivity contribution in [3.05, 3.63) is 35.9 Å². The second-order valence-electron chi connectivity index (χ2n) is 6.34. The number of benzene rings is 1. The number of rotatable bonds is 8. The van der Waals surface area contributed by atoms with Gasteiger partial charge in [0.1, 0.15) is 0 Å². The number of guanidine groups is 1. The van der Waals surface area contributed by atoms with Gasteiger partial charge in [-0.05, 0) is 30.9 Å². The first-order valence-electron chi connectivity index (χ1n) is 9.07. The molecule has 140 valence electrons. The van der Waals surface area contributed by atoms with Crippen LogP contribution in [0.25, 0.3) is 0 Å². The second-order valence-corrected chi connectivity index (χ2v) is 6.34. The predicted molar refractivity (Wildman–Crippen MR) is 115 cm³/mol. The van der Waals surface area contributed by atoms with Crippen LogP contribution >= 0.6 is 24.0 Å². The van der Waals surface area contributed by atoms with Crippen LogP contribution in [-0.4, -0.2) is 38.5 Å². The summed E-state index contributed by atoms with van der Waals surface area (Å²) in [5.74, 6) is 1.70. The molecular weight excluding hydrogens is 427 g/mol. The highest BCUT2D eigenvalue weighted by Crippen LogP contribution is 2.28. The van der Waals surface area contributed by atoms with Crippen molar-refractivity contribution >= 4 is 35.8 Å². The Bertz CT molecular complexity index is 515. The average Bonchev–Trinajstić information content (AvgIpc) is 3.14. The normalized spacial score (nSPS) is 14.7. The van der Waals surface area contributed by atoms with Gasteiger partial charge in [0.15, 0.2) is 5.96 Å². The van der Waals surface area contributed by atoms with Crippen LogP contribution in [0.4, 0.5) is 0 Å². The maximum absolute atomic E-state index is 11.9. The van der Waals surface area contributed by atoms with E-state index in [1.54, 1.807) is 7.05 Å². The zero-order chi connectivity index (χ0) is 17.0. The quantitative estimate of drug-likeness (QED) is 0.243. The molecule has 1 amide bonds. The van der Waals surface area contributed by atoms with Crippen molar-refractivity contribution in [3.63, 3.8) is 0 Å². The largest absolute Gasteiger partial charge is 0.356 e. The fourth-order valence-electron chi connectivity index (χ4n) is 3.17. The lowest BCUT2D eigenvalue weighted by atomic mass is 10.0. The Labute approximate surface area is 168 Å². The number of hydrogen-bond acceptors (Lipinski definition) is 2. The summed E-state index contributed by atoms with van der Waals surface area (Å²) in [6, 6.07) is 9.26. The molecular formula is C19H31IN4O. The summed E-state index contributed by atoms with van der Waals surface area (Å²) in [5, 5.41) is 9.47. The van der Waals surface area contributed by atoms with Crippen LogP contribution in [0.5, 0.6) is 0 Å². The van der Waals surface area contributed by atoms with Crippen molar-refractivity contribution in [2.24, 2.45) is 10.9 Å². The standard InChI is InChI=1S/C19H30N4O.HI/c1-20-19(22-13-7-10-16-8-5-6-9-16)23-15-14-21-18(24)17-11-3-2-4-12-17;/h2-4,11-12,16H,5-10,13-15H2,1H3,(H,21,24)(H2,20,22,23);1H. The van der Waals surface area contributed by atoms with Gasteiger partial charge < -0.3 is 16.0 Å². The summed E-state index contributed by atoms with van der Waals surface area (Å²) in [6.07, 6.45) is 8.15. The van der Waals surface area contributed by atoms with E-state index in [9.17, 15) is 4.79 Å². The second kappa shape index (κ2) is 13.0. The van der Waals surface area contributed by atoms with Gasteiger partial charge in [-0.3, -0.25) is 9.79 Å². The van der Waals surface area contributed by atoms with Gasteiger partial charge in [0.05, 0.1) is 0 Å². The lowest BCUT2D eigenvalue weighted by molar-refractivity contribution is 0.0954. The van der Waals surface area contributed by atoms with Gasteiger partial charge in [-0.1, -0.05) is 43.9 Å². The molecule has 1 aliphatic rings. The molecule has 0 unspecified atom stereocenters. The highest BCUT2D eigenvalue weighted by Gasteiger charge is 2.13. The molecule has 1 aromatic carbocycles. The minimum atomic E-state index is -0.0445. The lowest BCUT2D eigenvalue weighted by Crippen LogP contribution is -2.41. The third-order valence-corrected chi connectivity index (χ3v) is 4.52. The summed E-state index contributed by atoms with van der Waals surface area (Å²) in [6.45, 7) is 2.17. The molecule has 0 saturated heterocycles. The molecule has 0 aliphatic heterocycles. The predicted octanol–water partition coefficient (Wildman–Crippen LogP) is 3.17. The molecule has 0 spiro atoms. The van der Waals surface area contributed by atoms with Gasteiger partial charge >= 0.3 is 0 Å². The number of hydrogen-bond donors (Lipinski definition) is 3. The van der Waals surface area contributed by atoms with E-state index >= 15 is 0 Å². The van der Waals surface area contributed by atoms with E-state index in [1.165, 1.54) is 38.5 Å². The molecule has 0 aromatic heterocycles. The maximum atomic E-state index is 11.9.